The number of hydrogen-bond acceptors (Lipinski definition) is 3. The summed E-state index contributed by atoms with van der Waals surface area (Å²) >= 11 is 0. The van der Waals surface area contributed by atoms with Crippen LogP contribution in [0.15, 0.2) is 18.2 Å². The van der Waals surface area contributed by atoms with Gasteiger partial charge in [0.05, 0.1) is 7.11 Å². The summed E-state index contributed by atoms with van der Waals surface area (Å²) in [5.74, 6) is 0.114. The average molecular weight is 294 g/mol. The highest BCUT2D eigenvalue weighted by Crippen LogP contribution is 2.22. The molecule has 1 atom stereocenters. The Labute approximate surface area is 127 Å². The van der Waals surface area contributed by atoms with E-state index in [1.54, 1.807) is 6.07 Å². The Kier molecular flexibility index (Phi) is 6.46. The van der Waals surface area contributed by atoms with Crippen LogP contribution in [0, 0.1) is 5.82 Å². The molecule has 1 aromatic carbocycles. The molecule has 3 nitrogen and oxygen atoms in total. The highest BCUT2D eigenvalue weighted by molar-refractivity contribution is 5.31. The number of unbranched alkanes of at least 4 members (excludes halogenated alkanes) is 1. The molecule has 1 N–H and O–H groups in total. The normalized spacial score (nSPS) is 18.4. The van der Waals surface area contributed by atoms with Crippen LogP contribution in [0.4, 0.5) is 4.39 Å². The Morgan fingerprint density at radius 2 is 2.29 bits per heavy atom. The van der Waals surface area contributed by atoms with Crippen molar-refractivity contribution in [3.05, 3.63) is 29.6 Å². The molecule has 118 valence electrons. The molecule has 4 heteroatoms. The van der Waals surface area contributed by atoms with Crippen molar-refractivity contribution in [3.63, 3.8) is 0 Å². The number of benzene rings is 1. The molecular weight excluding hydrogens is 267 g/mol. The first kappa shape index (κ1) is 16.2. The van der Waals surface area contributed by atoms with Crippen molar-refractivity contribution in [2.45, 2.75) is 45.2 Å². The first-order valence-electron chi connectivity index (χ1n) is 8.01. The minimum Gasteiger partial charge on any atom is -0.494 e. The lowest BCUT2D eigenvalue weighted by atomic mass is 10.1. The molecule has 0 aliphatic carbocycles. The van der Waals surface area contributed by atoms with Gasteiger partial charge in [-0.15, -0.1) is 0 Å². The van der Waals surface area contributed by atoms with Crippen molar-refractivity contribution in [1.82, 2.24) is 10.2 Å². The quantitative estimate of drug-likeness (QED) is 0.797. The smallest absolute Gasteiger partial charge is 0.169 e. The number of halogens is 1. The van der Waals surface area contributed by atoms with Crippen molar-refractivity contribution in [2.24, 2.45) is 0 Å². The second kappa shape index (κ2) is 8.35. The second-order valence-corrected chi connectivity index (χ2v) is 5.82. The molecule has 1 unspecified atom stereocenters. The fourth-order valence-electron chi connectivity index (χ4n) is 2.92. The molecule has 0 spiro atoms. The van der Waals surface area contributed by atoms with Gasteiger partial charge in [0, 0.05) is 24.7 Å². The van der Waals surface area contributed by atoms with Gasteiger partial charge in [0.15, 0.2) is 11.6 Å². The molecule has 0 saturated carbocycles. The Balaban J connectivity index is 2.02. The summed E-state index contributed by atoms with van der Waals surface area (Å²) in [4.78, 5) is 2.37. The zero-order chi connectivity index (χ0) is 15.1. The van der Waals surface area contributed by atoms with Crippen molar-refractivity contribution < 1.29 is 9.13 Å². The number of ether oxygens (including phenoxy) is 1. The molecule has 21 heavy (non-hydrogen) atoms. The summed E-state index contributed by atoms with van der Waals surface area (Å²) in [6.45, 7) is 5.97. The predicted molar refractivity (Wildman–Crippen MR) is 84.2 cm³/mol. The van der Waals surface area contributed by atoms with E-state index < -0.39 is 0 Å². The second-order valence-electron chi connectivity index (χ2n) is 5.82. The van der Waals surface area contributed by atoms with Gasteiger partial charge in [-0.05, 0) is 38.4 Å². The number of methoxy groups -OCH3 is 1. The lowest BCUT2D eigenvalue weighted by Gasteiger charge is -2.26. The highest BCUT2D eigenvalue weighted by atomic mass is 19.1. The van der Waals surface area contributed by atoms with Crippen LogP contribution in [0.3, 0.4) is 0 Å². The van der Waals surface area contributed by atoms with E-state index in [2.05, 4.69) is 17.1 Å². The molecule has 0 radical (unpaired) electrons. The van der Waals surface area contributed by atoms with E-state index in [1.165, 1.54) is 20.0 Å². The molecule has 1 fully saturated rings. The molecular formula is C17H27FN2O. The zero-order valence-corrected chi connectivity index (χ0v) is 13.2. The summed E-state index contributed by atoms with van der Waals surface area (Å²) in [5, 5.41) is 3.53. The van der Waals surface area contributed by atoms with E-state index in [4.69, 9.17) is 4.74 Å². The number of rotatable bonds is 8. The summed E-state index contributed by atoms with van der Waals surface area (Å²) in [7, 11) is 1.51. The summed E-state index contributed by atoms with van der Waals surface area (Å²) in [6, 6.07) is 5.95. The van der Waals surface area contributed by atoms with E-state index in [0.29, 0.717) is 18.3 Å². The van der Waals surface area contributed by atoms with Crippen LogP contribution in [-0.2, 0) is 6.54 Å². The summed E-state index contributed by atoms with van der Waals surface area (Å²) < 4.78 is 19.4. The van der Waals surface area contributed by atoms with Gasteiger partial charge in [-0.2, -0.15) is 0 Å². The minimum atomic E-state index is -0.221. The third-order valence-electron chi connectivity index (χ3n) is 4.13. The summed E-state index contributed by atoms with van der Waals surface area (Å²) in [6.07, 6.45) is 4.79. The van der Waals surface area contributed by atoms with Gasteiger partial charge < -0.3 is 10.1 Å². The number of nitrogens with one attached hydrogen (secondary N) is 1. The molecule has 0 amide bonds. The number of hydrogen-bond donors (Lipinski definition) is 1. The van der Waals surface area contributed by atoms with Gasteiger partial charge >= 0.3 is 0 Å². The average Bonchev–Trinajstić information content (AvgIpc) is 3.00. The lowest BCUT2D eigenvalue weighted by molar-refractivity contribution is 0.233. The van der Waals surface area contributed by atoms with Crippen LogP contribution >= 0.6 is 0 Å². The Hall–Kier alpha value is -1.13. The van der Waals surface area contributed by atoms with E-state index in [9.17, 15) is 4.39 Å². The molecule has 1 saturated heterocycles. The van der Waals surface area contributed by atoms with Gasteiger partial charge in [0.25, 0.3) is 0 Å². The SMILES string of the molecule is CCCCN(Cc1cccc(OC)c1F)CC1CCCN1. The molecule has 0 bridgehead atoms. The van der Waals surface area contributed by atoms with Crippen molar-refractivity contribution in [2.75, 3.05) is 26.7 Å². The topological polar surface area (TPSA) is 24.5 Å². The molecule has 1 aromatic rings. The number of nitrogens with zero attached hydrogens (tertiary/aromatic N) is 1. The highest BCUT2D eigenvalue weighted by Gasteiger charge is 2.19. The Morgan fingerprint density at radius 1 is 1.43 bits per heavy atom. The third-order valence-corrected chi connectivity index (χ3v) is 4.13. The molecule has 1 aliphatic rings. The van der Waals surface area contributed by atoms with E-state index in [-0.39, 0.29) is 5.82 Å². The van der Waals surface area contributed by atoms with Crippen molar-refractivity contribution in [3.8, 4) is 5.75 Å². The maximum Gasteiger partial charge on any atom is 0.169 e. The van der Waals surface area contributed by atoms with Gasteiger partial charge in [-0.25, -0.2) is 4.39 Å². The van der Waals surface area contributed by atoms with Gasteiger partial charge in [0.2, 0.25) is 0 Å². The maximum absolute atomic E-state index is 14.3. The summed E-state index contributed by atoms with van der Waals surface area (Å²) in [5.41, 5.74) is 0.725. The van der Waals surface area contributed by atoms with E-state index >= 15 is 0 Å². The third kappa shape index (κ3) is 4.68. The first-order chi connectivity index (χ1) is 10.2. The van der Waals surface area contributed by atoms with Crippen LogP contribution < -0.4 is 10.1 Å². The van der Waals surface area contributed by atoms with Crippen LogP contribution in [0.25, 0.3) is 0 Å². The lowest BCUT2D eigenvalue weighted by Crippen LogP contribution is -2.37. The first-order valence-corrected chi connectivity index (χ1v) is 8.01. The van der Waals surface area contributed by atoms with Crippen LogP contribution in [0.5, 0.6) is 5.75 Å². The fourth-order valence-corrected chi connectivity index (χ4v) is 2.92. The monoisotopic (exact) mass is 294 g/mol. The fraction of sp³-hybridized carbons (Fsp3) is 0.647. The van der Waals surface area contributed by atoms with Crippen LogP contribution in [0.1, 0.15) is 38.2 Å². The van der Waals surface area contributed by atoms with Gasteiger partial charge in [-0.1, -0.05) is 25.5 Å². The van der Waals surface area contributed by atoms with Gasteiger partial charge in [-0.3, -0.25) is 4.90 Å². The Bertz CT molecular complexity index is 433. The van der Waals surface area contributed by atoms with Crippen LogP contribution in [-0.4, -0.2) is 37.7 Å². The Morgan fingerprint density at radius 3 is 2.95 bits per heavy atom. The molecule has 2 rings (SSSR count). The van der Waals surface area contributed by atoms with E-state index in [1.807, 2.05) is 12.1 Å². The largest absolute Gasteiger partial charge is 0.494 e. The van der Waals surface area contributed by atoms with E-state index in [0.717, 1.165) is 38.0 Å². The standard InChI is InChI=1S/C17H27FN2O/c1-3-4-11-20(13-15-8-6-10-19-15)12-14-7-5-9-16(21-2)17(14)18/h5,7,9,15,19H,3-4,6,8,10-13H2,1-2H3. The predicted octanol–water partition coefficient (Wildman–Crippen LogP) is 3.19. The molecule has 1 aliphatic heterocycles. The van der Waals surface area contributed by atoms with Crippen molar-refractivity contribution in [1.29, 1.82) is 0 Å². The van der Waals surface area contributed by atoms with Gasteiger partial charge in [0.1, 0.15) is 0 Å². The maximum atomic E-state index is 14.3. The van der Waals surface area contributed by atoms with Crippen LogP contribution in [0.2, 0.25) is 0 Å². The molecule has 0 aromatic heterocycles. The zero-order valence-electron chi connectivity index (χ0n) is 13.2. The molecule has 1 heterocycles. The minimum absolute atomic E-state index is 0.221. The van der Waals surface area contributed by atoms with Crippen molar-refractivity contribution >= 4 is 0 Å².